The second-order valence-electron chi connectivity index (χ2n) is 7.07. The van der Waals surface area contributed by atoms with E-state index < -0.39 is 10.0 Å². The van der Waals surface area contributed by atoms with Crippen LogP contribution in [0, 0.1) is 0 Å². The van der Waals surface area contributed by atoms with Gasteiger partial charge in [-0.1, -0.05) is 54.1 Å². The molecule has 1 saturated heterocycles. The molecule has 1 fully saturated rings. The SMILES string of the molecule is O=C(Cc1ccc2ccccc2c1)Nc1ccc(Cl)c(S(=O)(=O)N2CCOCC2)c1. The third-order valence-electron chi connectivity index (χ3n) is 4.98. The van der Waals surface area contributed by atoms with Gasteiger partial charge in [0.2, 0.25) is 15.9 Å². The molecule has 3 aromatic carbocycles. The van der Waals surface area contributed by atoms with E-state index in [0.717, 1.165) is 16.3 Å². The Hall–Kier alpha value is -2.45. The number of halogens is 1. The fourth-order valence-corrected chi connectivity index (χ4v) is 5.35. The fraction of sp³-hybridized carbons (Fsp3) is 0.227. The van der Waals surface area contributed by atoms with E-state index in [-0.39, 0.29) is 35.3 Å². The Morgan fingerprint density at radius 2 is 1.73 bits per heavy atom. The molecule has 0 unspecified atom stereocenters. The number of anilines is 1. The molecule has 0 saturated carbocycles. The Bertz CT molecular complexity index is 1190. The minimum atomic E-state index is -3.76. The van der Waals surface area contributed by atoms with Gasteiger partial charge in [-0.2, -0.15) is 4.31 Å². The quantitative estimate of drug-likeness (QED) is 0.651. The van der Waals surface area contributed by atoms with Gasteiger partial charge in [-0.15, -0.1) is 0 Å². The molecule has 8 heteroatoms. The number of morpholine rings is 1. The van der Waals surface area contributed by atoms with Crippen molar-refractivity contribution in [3.8, 4) is 0 Å². The number of amides is 1. The summed E-state index contributed by atoms with van der Waals surface area (Å²) in [6.07, 6.45) is 0.180. The number of sulfonamides is 1. The highest BCUT2D eigenvalue weighted by Gasteiger charge is 2.28. The molecule has 1 amide bonds. The predicted octanol–water partition coefficient (Wildman–Crippen LogP) is 3.70. The van der Waals surface area contributed by atoms with Crippen LogP contribution in [0.1, 0.15) is 5.56 Å². The molecule has 0 aliphatic carbocycles. The number of carbonyl (C=O) groups excluding carboxylic acids is 1. The van der Waals surface area contributed by atoms with E-state index in [2.05, 4.69) is 5.32 Å². The van der Waals surface area contributed by atoms with Crippen molar-refractivity contribution in [2.75, 3.05) is 31.6 Å². The van der Waals surface area contributed by atoms with Crippen LogP contribution in [0.3, 0.4) is 0 Å². The zero-order valence-electron chi connectivity index (χ0n) is 16.2. The lowest BCUT2D eigenvalue weighted by Gasteiger charge is -2.26. The summed E-state index contributed by atoms with van der Waals surface area (Å²) in [6.45, 7) is 1.24. The maximum absolute atomic E-state index is 12.9. The zero-order chi connectivity index (χ0) is 21.1. The molecule has 0 bridgehead atoms. The molecule has 1 heterocycles. The van der Waals surface area contributed by atoms with Crippen molar-refractivity contribution in [3.05, 3.63) is 71.2 Å². The molecule has 0 spiro atoms. The number of fused-ring (bicyclic) bond motifs is 1. The first-order chi connectivity index (χ1) is 14.4. The maximum atomic E-state index is 12.9. The van der Waals surface area contributed by atoms with Gasteiger partial charge < -0.3 is 10.1 Å². The van der Waals surface area contributed by atoms with E-state index >= 15 is 0 Å². The summed E-state index contributed by atoms with van der Waals surface area (Å²) in [5.41, 5.74) is 1.26. The highest BCUT2D eigenvalue weighted by atomic mass is 35.5. The summed E-state index contributed by atoms with van der Waals surface area (Å²) >= 11 is 6.17. The van der Waals surface area contributed by atoms with E-state index in [9.17, 15) is 13.2 Å². The lowest BCUT2D eigenvalue weighted by atomic mass is 10.0. The molecule has 6 nitrogen and oxygen atoms in total. The van der Waals surface area contributed by atoms with Gasteiger partial charge in [0.05, 0.1) is 24.7 Å². The van der Waals surface area contributed by atoms with Gasteiger partial charge in [0.1, 0.15) is 4.90 Å². The van der Waals surface area contributed by atoms with Crippen LogP contribution in [-0.4, -0.2) is 44.9 Å². The number of hydrogen-bond donors (Lipinski definition) is 1. The van der Waals surface area contributed by atoms with Gasteiger partial charge >= 0.3 is 0 Å². The zero-order valence-corrected chi connectivity index (χ0v) is 17.7. The third kappa shape index (κ3) is 4.49. The Morgan fingerprint density at radius 3 is 2.50 bits per heavy atom. The second kappa shape index (κ2) is 8.73. The van der Waals surface area contributed by atoms with Crippen LogP contribution in [0.2, 0.25) is 5.02 Å². The summed E-state index contributed by atoms with van der Waals surface area (Å²) in [5.74, 6) is -0.234. The molecule has 1 aliphatic heterocycles. The average Bonchev–Trinajstić information content (AvgIpc) is 2.75. The molecular formula is C22H21ClN2O4S. The van der Waals surface area contributed by atoms with Crippen LogP contribution in [-0.2, 0) is 26.0 Å². The first kappa shape index (κ1) is 20.8. The lowest BCUT2D eigenvalue weighted by molar-refractivity contribution is -0.115. The summed E-state index contributed by atoms with van der Waals surface area (Å²) in [7, 11) is -3.76. The first-order valence-electron chi connectivity index (χ1n) is 9.58. The standard InChI is InChI=1S/C22H21ClN2O4S/c23-20-8-7-19(15-21(20)30(27,28)25-9-11-29-12-10-25)24-22(26)14-16-5-6-17-3-1-2-4-18(17)13-16/h1-8,13,15H,9-12,14H2,(H,24,26). The van der Waals surface area contributed by atoms with Gasteiger partial charge in [0.25, 0.3) is 0 Å². The molecule has 3 aromatic rings. The average molecular weight is 445 g/mol. The van der Waals surface area contributed by atoms with Gasteiger partial charge in [0.15, 0.2) is 0 Å². The van der Waals surface area contributed by atoms with Gasteiger partial charge in [-0.05, 0) is 34.5 Å². The van der Waals surface area contributed by atoms with Crippen LogP contribution < -0.4 is 5.32 Å². The molecule has 1 N–H and O–H groups in total. The molecule has 0 atom stereocenters. The minimum absolute atomic E-state index is 0.0189. The van der Waals surface area contributed by atoms with Crippen molar-refractivity contribution in [2.45, 2.75) is 11.3 Å². The molecular weight excluding hydrogens is 424 g/mol. The largest absolute Gasteiger partial charge is 0.379 e. The lowest BCUT2D eigenvalue weighted by Crippen LogP contribution is -2.40. The molecule has 4 rings (SSSR count). The number of nitrogens with zero attached hydrogens (tertiary/aromatic N) is 1. The number of ether oxygens (including phenoxy) is 1. The Labute approximate surface area is 180 Å². The summed E-state index contributed by atoms with van der Waals surface area (Å²) in [5, 5.41) is 5.07. The maximum Gasteiger partial charge on any atom is 0.244 e. The number of rotatable bonds is 5. The summed E-state index contributed by atoms with van der Waals surface area (Å²) < 4.78 is 32.4. The molecule has 156 valence electrons. The van der Waals surface area contributed by atoms with Crippen molar-refractivity contribution >= 4 is 44.0 Å². The fourth-order valence-electron chi connectivity index (χ4n) is 3.44. The van der Waals surface area contributed by atoms with Crippen molar-refractivity contribution in [1.29, 1.82) is 0 Å². The van der Waals surface area contributed by atoms with Crippen LogP contribution in [0.25, 0.3) is 10.8 Å². The highest BCUT2D eigenvalue weighted by Crippen LogP contribution is 2.28. The van der Waals surface area contributed by atoms with E-state index in [1.165, 1.54) is 16.4 Å². The topological polar surface area (TPSA) is 75.7 Å². The van der Waals surface area contributed by atoms with Crippen LogP contribution in [0.4, 0.5) is 5.69 Å². The van der Waals surface area contributed by atoms with Crippen molar-refractivity contribution in [3.63, 3.8) is 0 Å². The second-order valence-corrected chi connectivity index (χ2v) is 9.38. The summed E-state index contributed by atoms with van der Waals surface area (Å²) in [4.78, 5) is 12.5. The van der Waals surface area contributed by atoms with Gasteiger partial charge in [0, 0.05) is 18.8 Å². The van der Waals surface area contributed by atoms with E-state index in [0.29, 0.717) is 18.9 Å². The molecule has 0 aromatic heterocycles. The Morgan fingerprint density at radius 1 is 1.00 bits per heavy atom. The van der Waals surface area contributed by atoms with Crippen molar-refractivity contribution < 1.29 is 17.9 Å². The molecule has 1 aliphatic rings. The van der Waals surface area contributed by atoms with Crippen LogP contribution in [0.5, 0.6) is 0 Å². The number of hydrogen-bond acceptors (Lipinski definition) is 4. The minimum Gasteiger partial charge on any atom is -0.379 e. The van der Waals surface area contributed by atoms with Crippen molar-refractivity contribution in [1.82, 2.24) is 4.31 Å². The van der Waals surface area contributed by atoms with Crippen molar-refractivity contribution in [2.24, 2.45) is 0 Å². The number of nitrogens with one attached hydrogen (secondary N) is 1. The monoisotopic (exact) mass is 444 g/mol. The first-order valence-corrected chi connectivity index (χ1v) is 11.4. The smallest absolute Gasteiger partial charge is 0.244 e. The van der Waals surface area contributed by atoms with Gasteiger partial charge in [-0.25, -0.2) is 8.42 Å². The van der Waals surface area contributed by atoms with E-state index in [1.54, 1.807) is 6.07 Å². The molecule has 30 heavy (non-hydrogen) atoms. The van der Waals surface area contributed by atoms with Crippen LogP contribution in [0.15, 0.2) is 65.6 Å². The Balaban J connectivity index is 1.51. The van der Waals surface area contributed by atoms with E-state index in [1.807, 2.05) is 42.5 Å². The summed E-state index contributed by atoms with van der Waals surface area (Å²) in [6, 6.07) is 18.3. The highest BCUT2D eigenvalue weighted by molar-refractivity contribution is 7.89. The number of benzene rings is 3. The molecule has 0 radical (unpaired) electrons. The van der Waals surface area contributed by atoms with Crippen LogP contribution >= 0.6 is 11.6 Å². The van der Waals surface area contributed by atoms with Gasteiger partial charge in [-0.3, -0.25) is 4.79 Å². The Kier molecular flexibility index (Phi) is 6.06. The van der Waals surface area contributed by atoms with E-state index in [4.69, 9.17) is 16.3 Å². The normalized spacial score (nSPS) is 15.2. The predicted molar refractivity (Wildman–Crippen MR) is 117 cm³/mol. The third-order valence-corrected chi connectivity index (χ3v) is 7.36. The number of carbonyl (C=O) groups is 1.